The number of esters is 1. The van der Waals surface area contributed by atoms with Gasteiger partial charge in [-0.2, -0.15) is 0 Å². The van der Waals surface area contributed by atoms with Gasteiger partial charge in [0.1, 0.15) is 18.6 Å². The van der Waals surface area contributed by atoms with Gasteiger partial charge in [-0.25, -0.2) is 4.79 Å². The van der Waals surface area contributed by atoms with E-state index in [2.05, 4.69) is 10.1 Å². The Labute approximate surface area is 129 Å². The summed E-state index contributed by atoms with van der Waals surface area (Å²) in [5.74, 6) is -1.77. The van der Waals surface area contributed by atoms with Gasteiger partial charge in [0.15, 0.2) is 6.23 Å². The van der Waals surface area contributed by atoms with E-state index in [1.165, 1.54) is 13.8 Å². The second-order valence-electron chi connectivity index (χ2n) is 4.04. The van der Waals surface area contributed by atoms with Crippen molar-refractivity contribution in [3.8, 4) is 0 Å². The summed E-state index contributed by atoms with van der Waals surface area (Å²) >= 11 is 16.2. The minimum atomic E-state index is -1.75. The zero-order valence-electron chi connectivity index (χ0n) is 10.5. The average molecular weight is 349 g/mol. The second kappa shape index (κ2) is 6.69. The second-order valence-corrected chi connectivity index (χ2v) is 6.56. The van der Waals surface area contributed by atoms with Crippen LogP contribution >= 0.6 is 34.8 Å². The molecule has 10 heteroatoms. The van der Waals surface area contributed by atoms with Crippen LogP contribution in [-0.4, -0.2) is 40.8 Å². The van der Waals surface area contributed by atoms with Crippen LogP contribution in [0, 0.1) is 5.92 Å². The van der Waals surface area contributed by atoms with Gasteiger partial charge < -0.3 is 19.5 Å². The van der Waals surface area contributed by atoms with E-state index < -0.39 is 46.7 Å². The Morgan fingerprint density at radius 2 is 2.00 bits per heavy atom. The van der Waals surface area contributed by atoms with Crippen LogP contribution in [-0.2, 0) is 23.8 Å². The minimum Gasteiger partial charge on any atom is -0.441 e. The van der Waals surface area contributed by atoms with Crippen LogP contribution in [0.3, 0.4) is 0 Å². The van der Waals surface area contributed by atoms with Crippen molar-refractivity contribution in [3.05, 3.63) is 0 Å². The number of alkyl halides is 3. The van der Waals surface area contributed by atoms with Crippen molar-refractivity contribution in [2.45, 2.75) is 30.0 Å². The van der Waals surface area contributed by atoms with E-state index in [4.69, 9.17) is 44.3 Å². The number of β-lactam (4-membered cyclic amide) rings is 1. The zero-order chi connectivity index (χ0) is 15.5. The Balaban J connectivity index is 2.44. The van der Waals surface area contributed by atoms with Crippen molar-refractivity contribution in [3.63, 3.8) is 0 Å². The van der Waals surface area contributed by atoms with E-state index in [1.807, 2.05) is 0 Å². The molecule has 1 heterocycles. The molecule has 114 valence electrons. The van der Waals surface area contributed by atoms with Crippen molar-refractivity contribution < 1.29 is 28.6 Å². The van der Waals surface area contributed by atoms with Crippen molar-refractivity contribution >= 4 is 52.8 Å². The number of ether oxygens (including phenoxy) is 3. The van der Waals surface area contributed by atoms with E-state index in [9.17, 15) is 14.4 Å². The van der Waals surface area contributed by atoms with Crippen LogP contribution in [0.15, 0.2) is 0 Å². The standard InChI is InChI=1S/C10H12Cl3NO6/c1-4(19-9(17)18-3-10(11,12)13)6-7(16)14-8(6)20-5(2)15/h4,6,8H,3H2,1-2H3,(H,14,16)/t4?,6-,8-/m1/s1. The number of hydrogen-bond donors (Lipinski definition) is 1. The maximum atomic E-state index is 11.4. The summed E-state index contributed by atoms with van der Waals surface area (Å²) in [6.07, 6.45) is -2.79. The SMILES string of the molecule is CC(=O)O[C@H]1NC(=O)[C@H]1C(C)OC(=O)OCC(Cl)(Cl)Cl. The van der Waals surface area contributed by atoms with Gasteiger partial charge >= 0.3 is 12.1 Å². The third-order valence-corrected chi connectivity index (χ3v) is 2.68. The smallest absolute Gasteiger partial charge is 0.441 e. The molecule has 0 spiro atoms. The number of nitrogens with one attached hydrogen (secondary N) is 1. The molecule has 1 amide bonds. The molecular weight excluding hydrogens is 336 g/mol. The molecule has 1 aliphatic rings. The zero-order valence-corrected chi connectivity index (χ0v) is 12.8. The first-order valence-electron chi connectivity index (χ1n) is 5.48. The van der Waals surface area contributed by atoms with Gasteiger partial charge in [-0.15, -0.1) is 0 Å². The summed E-state index contributed by atoms with van der Waals surface area (Å²) in [7, 11) is 0. The highest BCUT2D eigenvalue weighted by Gasteiger charge is 2.47. The molecule has 1 unspecified atom stereocenters. The molecule has 0 saturated carbocycles. The fourth-order valence-electron chi connectivity index (χ4n) is 1.51. The molecule has 0 aliphatic carbocycles. The van der Waals surface area contributed by atoms with Gasteiger partial charge in [-0.3, -0.25) is 9.59 Å². The monoisotopic (exact) mass is 347 g/mol. The molecule has 0 bridgehead atoms. The number of hydrogen-bond acceptors (Lipinski definition) is 6. The summed E-state index contributed by atoms with van der Waals surface area (Å²) in [5, 5.41) is 2.36. The molecule has 0 aromatic heterocycles. The van der Waals surface area contributed by atoms with Crippen LogP contribution in [0.2, 0.25) is 0 Å². The lowest BCUT2D eigenvalue weighted by Gasteiger charge is -2.38. The molecule has 0 aromatic carbocycles. The van der Waals surface area contributed by atoms with Crippen molar-refractivity contribution in [2.24, 2.45) is 5.92 Å². The first-order chi connectivity index (χ1) is 9.10. The Kier molecular flexibility index (Phi) is 5.73. The Hall–Kier alpha value is -0.920. The van der Waals surface area contributed by atoms with E-state index >= 15 is 0 Å². The van der Waals surface area contributed by atoms with Crippen LogP contribution < -0.4 is 5.32 Å². The number of carbonyl (C=O) groups excluding carboxylic acids is 3. The fraction of sp³-hybridized carbons (Fsp3) is 0.700. The lowest BCUT2D eigenvalue weighted by Crippen LogP contribution is -2.63. The van der Waals surface area contributed by atoms with Gasteiger partial charge in [0.25, 0.3) is 0 Å². The molecule has 20 heavy (non-hydrogen) atoms. The molecule has 0 radical (unpaired) electrons. The van der Waals surface area contributed by atoms with Crippen LogP contribution in [0.4, 0.5) is 4.79 Å². The largest absolute Gasteiger partial charge is 0.508 e. The third-order valence-electron chi connectivity index (χ3n) is 2.35. The van der Waals surface area contributed by atoms with Gasteiger partial charge in [-0.1, -0.05) is 34.8 Å². The van der Waals surface area contributed by atoms with Crippen molar-refractivity contribution in [1.82, 2.24) is 5.32 Å². The lowest BCUT2D eigenvalue weighted by atomic mass is 9.93. The third kappa shape index (κ3) is 5.22. The molecule has 1 saturated heterocycles. The first-order valence-corrected chi connectivity index (χ1v) is 6.61. The van der Waals surface area contributed by atoms with Crippen molar-refractivity contribution in [2.75, 3.05) is 6.61 Å². The van der Waals surface area contributed by atoms with Gasteiger partial charge in [0.2, 0.25) is 9.70 Å². The van der Waals surface area contributed by atoms with Gasteiger partial charge in [0, 0.05) is 6.92 Å². The molecule has 7 nitrogen and oxygen atoms in total. The summed E-state index contributed by atoms with van der Waals surface area (Å²) in [5.41, 5.74) is 0. The van der Waals surface area contributed by atoms with E-state index in [1.54, 1.807) is 0 Å². The van der Waals surface area contributed by atoms with Crippen LogP contribution in [0.1, 0.15) is 13.8 Å². The Bertz CT molecular complexity index is 410. The molecule has 1 fully saturated rings. The first kappa shape index (κ1) is 17.1. The summed E-state index contributed by atoms with van der Waals surface area (Å²) < 4.78 is 12.5. The minimum absolute atomic E-state index is 0.405. The van der Waals surface area contributed by atoms with E-state index in [-0.39, 0.29) is 0 Å². The van der Waals surface area contributed by atoms with Crippen LogP contribution in [0.25, 0.3) is 0 Å². The summed E-state index contributed by atoms with van der Waals surface area (Å²) in [6, 6.07) is 0. The lowest BCUT2D eigenvalue weighted by molar-refractivity contribution is -0.174. The fourth-order valence-corrected chi connectivity index (χ4v) is 1.67. The van der Waals surface area contributed by atoms with E-state index in [0.717, 1.165) is 0 Å². The molecular formula is C10H12Cl3NO6. The molecule has 3 atom stereocenters. The molecule has 0 aromatic rings. The topological polar surface area (TPSA) is 90.9 Å². The van der Waals surface area contributed by atoms with Gasteiger partial charge in [-0.05, 0) is 6.92 Å². The Morgan fingerprint density at radius 1 is 1.40 bits per heavy atom. The normalized spacial score (nSPS) is 23.1. The predicted molar refractivity (Wildman–Crippen MR) is 69.4 cm³/mol. The maximum absolute atomic E-state index is 11.4. The summed E-state index contributed by atoms with van der Waals surface area (Å²) in [4.78, 5) is 33.5. The summed E-state index contributed by atoms with van der Waals surface area (Å²) in [6.45, 7) is 2.16. The highest BCUT2D eigenvalue weighted by atomic mass is 35.6. The van der Waals surface area contributed by atoms with E-state index in [0.29, 0.717) is 0 Å². The molecule has 1 aliphatic heterocycles. The van der Waals surface area contributed by atoms with Gasteiger partial charge in [0.05, 0.1) is 0 Å². The van der Waals surface area contributed by atoms with Crippen molar-refractivity contribution in [1.29, 1.82) is 0 Å². The molecule has 1 rings (SSSR count). The highest BCUT2D eigenvalue weighted by molar-refractivity contribution is 6.67. The number of carbonyl (C=O) groups is 3. The number of amides is 1. The number of rotatable bonds is 4. The predicted octanol–water partition coefficient (Wildman–Crippen LogP) is 1.53. The van der Waals surface area contributed by atoms with Crippen LogP contribution in [0.5, 0.6) is 0 Å². The highest BCUT2D eigenvalue weighted by Crippen LogP contribution is 2.27. The number of halogens is 3. The molecule has 1 N–H and O–H groups in total. The average Bonchev–Trinajstić information content (AvgIpc) is 2.23. The maximum Gasteiger partial charge on any atom is 0.508 e. The quantitative estimate of drug-likeness (QED) is 0.471. The Morgan fingerprint density at radius 3 is 2.45 bits per heavy atom.